The number of hydrogen-bond acceptors (Lipinski definition) is 5. The average molecular weight is 414 g/mol. The number of aromatic nitrogens is 1. The Hall–Kier alpha value is -3.56. The second-order valence-electron chi connectivity index (χ2n) is 6.87. The van der Waals surface area contributed by atoms with Crippen LogP contribution in [-0.2, 0) is 12.3 Å². The number of benzene rings is 3. The summed E-state index contributed by atoms with van der Waals surface area (Å²) in [5.41, 5.74) is 4.66. The molecule has 4 rings (SSSR count). The van der Waals surface area contributed by atoms with Gasteiger partial charge in [0, 0.05) is 24.9 Å². The monoisotopic (exact) mass is 413 g/mol. The fraction of sp³-hybridized carbons (Fsp3) is 0.125. The van der Waals surface area contributed by atoms with E-state index in [-0.39, 0.29) is 5.91 Å². The molecule has 1 aromatic heterocycles. The second-order valence-corrected chi connectivity index (χ2v) is 7.79. The smallest absolute Gasteiger partial charge is 0.257 e. The van der Waals surface area contributed by atoms with Gasteiger partial charge in [-0.3, -0.25) is 4.79 Å². The van der Waals surface area contributed by atoms with Gasteiger partial charge in [0.2, 0.25) is 0 Å². The summed E-state index contributed by atoms with van der Waals surface area (Å²) in [5.74, 6) is 0.512. The molecule has 0 spiro atoms. The summed E-state index contributed by atoms with van der Waals surface area (Å²) in [6.07, 6.45) is 0. The van der Waals surface area contributed by atoms with Crippen LogP contribution in [0.15, 0.2) is 82.4 Å². The van der Waals surface area contributed by atoms with Gasteiger partial charge in [-0.25, -0.2) is 4.98 Å². The third kappa shape index (κ3) is 4.37. The Labute approximate surface area is 179 Å². The van der Waals surface area contributed by atoms with Crippen LogP contribution in [0.2, 0.25) is 0 Å². The molecule has 0 atom stereocenters. The molecule has 148 valence electrons. The average Bonchev–Trinajstić information content (AvgIpc) is 3.20. The van der Waals surface area contributed by atoms with E-state index < -0.39 is 0 Å². The number of para-hydroxylation sites is 2. The lowest BCUT2D eigenvalue weighted by Crippen LogP contribution is -2.27. The number of nitrogens with zero attached hydrogens (tertiary/aromatic N) is 3. The number of rotatable bonds is 6. The molecule has 0 aliphatic rings. The van der Waals surface area contributed by atoms with Crippen LogP contribution in [0.1, 0.15) is 27.0 Å². The molecule has 0 N–H and O–H groups in total. The number of fused-ring (bicyclic) bond motifs is 1. The Morgan fingerprint density at radius 3 is 2.73 bits per heavy atom. The number of carbonyl (C=O) groups excluding carboxylic acids is 1. The van der Waals surface area contributed by atoms with Crippen LogP contribution in [0.3, 0.4) is 0 Å². The molecule has 3 aromatic carbocycles. The molecule has 0 saturated carbocycles. The molecule has 0 fully saturated rings. The topological polar surface area (TPSA) is 70.1 Å². The largest absolute Gasteiger partial charge is 0.431 e. The summed E-state index contributed by atoms with van der Waals surface area (Å²) in [4.78, 5) is 19.2. The molecule has 0 unspecified atom stereocenters. The van der Waals surface area contributed by atoms with Crippen LogP contribution in [0, 0.1) is 11.3 Å². The van der Waals surface area contributed by atoms with Crippen molar-refractivity contribution in [3.8, 4) is 6.07 Å². The van der Waals surface area contributed by atoms with Crippen molar-refractivity contribution in [2.45, 2.75) is 17.5 Å². The zero-order valence-corrected chi connectivity index (χ0v) is 17.2. The summed E-state index contributed by atoms with van der Waals surface area (Å²) in [7, 11) is 1.77. The van der Waals surface area contributed by atoms with Crippen molar-refractivity contribution in [1.82, 2.24) is 9.88 Å². The first-order valence-corrected chi connectivity index (χ1v) is 10.4. The third-order valence-electron chi connectivity index (χ3n) is 4.70. The first-order valence-electron chi connectivity index (χ1n) is 9.45. The molecular weight excluding hydrogens is 394 g/mol. The Balaban J connectivity index is 1.48. The molecule has 6 heteroatoms. The van der Waals surface area contributed by atoms with Gasteiger partial charge in [0.05, 0.1) is 11.6 Å². The van der Waals surface area contributed by atoms with E-state index in [1.165, 1.54) is 11.8 Å². The van der Waals surface area contributed by atoms with E-state index in [9.17, 15) is 4.79 Å². The second kappa shape index (κ2) is 8.85. The SMILES string of the molecule is CN(Cc1cccc(C#N)c1)C(=O)c1ccccc1CSc1nc2ccccc2o1. The third-order valence-corrected chi connectivity index (χ3v) is 5.57. The maximum Gasteiger partial charge on any atom is 0.257 e. The molecular formula is C24H19N3O2S. The van der Waals surface area contributed by atoms with Crippen molar-refractivity contribution in [1.29, 1.82) is 5.26 Å². The van der Waals surface area contributed by atoms with Gasteiger partial charge in [-0.05, 0) is 41.5 Å². The van der Waals surface area contributed by atoms with Crippen LogP contribution in [0.4, 0.5) is 0 Å². The fourth-order valence-corrected chi connectivity index (χ4v) is 4.04. The minimum absolute atomic E-state index is 0.0638. The Bertz CT molecular complexity index is 1210. The van der Waals surface area contributed by atoms with Gasteiger partial charge in [0.1, 0.15) is 5.52 Å². The van der Waals surface area contributed by atoms with E-state index in [0.29, 0.717) is 28.6 Å². The molecule has 1 heterocycles. The summed E-state index contributed by atoms with van der Waals surface area (Å²) >= 11 is 1.47. The molecule has 0 radical (unpaired) electrons. The zero-order chi connectivity index (χ0) is 20.9. The maximum absolute atomic E-state index is 13.1. The van der Waals surface area contributed by atoms with Gasteiger partial charge in [-0.2, -0.15) is 5.26 Å². The normalized spacial score (nSPS) is 10.7. The van der Waals surface area contributed by atoms with Gasteiger partial charge >= 0.3 is 0 Å². The van der Waals surface area contributed by atoms with E-state index in [2.05, 4.69) is 11.1 Å². The van der Waals surface area contributed by atoms with Gasteiger partial charge in [0.25, 0.3) is 11.1 Å². The van der Waals surface area contributed by atoms with E-state index in [0.717, 1.165) is 22.2 Å². The Morgan fingerprint density at radius 2 is 1.90 bits per heavy atom. The highest BCUT2D eigenvalue weighted by atomic mass is 32.2. The first kappa shape index (κ1) is 19.7. The molecule has 0 bridgehead atoms. The number of amides is 1. The van der Waals surface area contributed by atoms with E-state index >= 15 is 0 Å². The summed E-state index contributed by atoms with van der Waals surface area (Å²) in [6.45, 7) is 0.432. The van der Waals surface area contributed by atoms with E-state index in [1.54, 1.807) is 24.1 Å². The van der Waals surface area contributed by atoms with Gasteiger partial charge < -0.3 is 9.32 Å². The Kier molecular flexibility index (Phi) is 5.82. The molecule has 30 heavy (non-hydrogen) atoms. The maximum atomic E-state index is 13.1. The van der Waals surface area contributed by atoms with Crippen molar-refractivity contribution in [3.05, 3.63) is 95.1 Å². The molecule has 0 aliphatic carbocycles. The lowest BCUT2D eigenvalue weighted by molar-refractivity contribution is 0.0784. The van der Waals surface area contributed by atoms with Gasteiger partial charge in [0.15, 0.2) is 5.58 Å². The fourth-order valence-electron chi connectivity index (χ4n) is 3.20. The predicted molar refractivity (Wildman–Crippen MR) is 117 cm³/mol. The van der Waals surface area contributed by atoms with Crippen LogP contribution in [-0.4, -0.2) is 22.8 Å². The quantitative estimate of drug-likeness (QED) is 0.403. The lowest BCUT2D eigenvalue weighted by Gasteiger charge is -2.19. The van der Waals surface area contributed by atoms with Crippen molar-refractivity contribution in [2.24, 2.45) is 0 Å². The molecule has 0 aliphatic heterocycles. The minimum atomic E-state index is -0.0638. The van der Waals surface area contributed by atoms with Gasteiger partial charge in [-0.15, -0.1) is 0 Å². The Morgan fingerprint density at radius 1 is 1.10 bits per heavy atom. The summed E-state index contributed by atoms with van der Waals surface area (Å²) < 4.78 is 5.77. The van der Waals surface area contributed by atoms with Crippen molar-refractivity contribution in [2.75, 3.05) is 7.05 Å². The zero-order valence-electron chi connectivity index (χ0n) is 16.4. The molecule has 0 saturated heterocycles. The first-order chi connectivity index (χ1) is 14.6. The standard InChI is InChI=1S/C24H19N3O2S/c1-27(15-18-8-6-7-17(13-18)14-25)23(28)20-10-3-2-9-19(20)16-30-24-26-21-11-4-5-12-22(21)29-24/h2-13H,15-16H2,1H3. The van der Waals surface area contributed by atoms with Crippen LogP contribution in [0.25, 0.3) is 11.1 Å². The van der Waals surface area contributed by atoms with Crippen LogP contribution in [0.5, 0.6) is 0 Å². The molecule has 1 amide bonds. The summed E-state index contributed by atoms with van der Waals surface area (Å²) in [5, 5.41) is 9.66. The van der Waals surface area contributed by atoms with Crippen molar-refractivity contribution < 1.29 is 9.21 Å². The number of nitriles is 1. The highest BCUT2D eigenvalue weighted by Gasteiger charge is 2.17. The number of oxazole rings is 1. The number of hydrogen-bond donors (Lipinski definition) is 0. The van der Waals surface area contributed by atoms with Gasteiger partial charge in [-0.1, -0.05) is 54.2 Å². The lowest BCUT2D eigenvalue weighted by atomic mass is 10.1. The predicted octanol–water partition coefficient (Wildman–Crippen LogP) is 5.26. The minimum Gasteiger partial charge on any atom is -0.431 e. The highest BCUT2D eigenvalue weighted by Crippen LogP contribution is 2.27. The number of thioether (sulfide) groups is 1. The molecule has 4 aromatic rings. The van der Waals surface area contributed by atoms with E-state index in [1.807, 2.05) is 60.7 Å². The van der Waals surface area contributed by atoms with Crippen LogP contribution < -0.4 is 0 Å². The van der Waals surface area contributed by atoms with Crippen molar-refractivity contribution >= 4 is 28.8 Å². The van der Waals surface area contributed by atoms with Crippen molar-refractivity contribution in [3.63, 3.8) is 0 Å². The van der Waals surface area contributed by atoms with Crippen LogP contribution >= 0.6 is 11.8 Å². The number of carbonyl (C=O) groups is 1. The highest BCUT2D eigenvalue weighted by molar-refractivity contribution is 7.98. The van der Waals surface area contributed by atoms with E-state index in [4.69, 9.17) is 9.68 Å². The summed E-state index contributed by atoms with van der Waals surface area (Å²) in [6, 6.07) is 24.7. The molecule has 5 nitrogen and oxygen atoms in total.